The standard InChI is InChI=1S/C31H32N4O2S/c1-4-16-32-26(36)19-34-27(37)20-38-30(24-14-8-10-21(2)17-24)28-29(23-12-6-5-7-13-23)33-35(31(28)34)25-15-9-11-22(3)18-25/h5-15,17-18,30H,4,16,19-20H2,1-3H3,(H,32,36). The minimum absolute atomic E-state index is 0.0569. The summed E-state index contributed by atoms with van der Waals surface area (Å²) in [4.78, 5) is 28.3. The SMILES string of the molecule is CCCNC(=O)CN1C(=O)CSC(c2cccc(C)c2)c2c(-c3ccccc3)nn(-c3cccc(C)c3)c21. The average molecular weight is 525 g/mol. The van der Waals surface area contributed by atoms with Crippen LogP contribution in [0.5, 0.6) is 0 Å². The zero-order valence-electron chi connectivity index (χ0n) is 22.0. The third-order valence-electron chi connectivity index (χ3n) is 6.60. The Balaban J connectivity index is 1.79. The third kappa shape index (κ3) is 5.24. The summed E-state index contributed by atoms with van der Waals surface area (Å²) in [7, 11) is 0. The van der Waals surface area contributed by atoms with Crippen LogP contribution >= 0.6 is 11.8 Å². The van der Waals surface area contributed by atoms with Gasteiger partial charge in [-0.3, -0.25) is 14.5 Å². The first kappa shape index (κ1) is 25.8. The molecule has 1 atom stereocenters. The smallest absolute Gasteiger partial charge is 0.240 e. The molecule has 0 saturated carbocycles. The van der Waals surface area contributed by atoms with E-state index in [9.17, 15) is 9.59 Å². The van der Waals surface area contributed by atoms with Gasteiger partial charge >= 0.3 is 0 Å². The summed E-state index contributed by atoms with van der Waals surface area (Å²) in [6.45, 7) is 6.64. The van der Waals surface area contributed by atoms with E-state index >= 15 is 0 Å². The van der Waals surface area contributed by atoms with Crippen molar-refractivity contribution in [3.63, 3.8) is 0 Å². The number of benzene rings is 3. The van der Waals surface area contributed by atoms with Gasteiger partial charge in [0.25, 0.3) is 0 Å². The molecule has 38 heavy (non-hydrogen) atoms. The number of nitrogens with one attached hydrogen (secondary N) is 1. The number of rotatable bonds is 7. The minimum Gasteiger partial charge on any atom is -0.355 e. The maximum absolute atomic E-state index is 13.7. The Kier molecular flexibility index (Phi) is 7.65. The largest absolute Gasteiger partial charge is 0.355 e. The van der Waals surface area contributed by atoms with Crippen molar-refractivity contribution in [2.24, 2.45) is 0 Å². The number of aryl methyl sites for hydroxylation is 2. The Morgan fingerprint density at radius 2 is 1.74 bits per heavy atom. The van der Waals surface area contributed by atoms with Gasteiger partial charge in [0, 0.05) is 17.7 Å². The van der Waals surface area contributed by atoms with Crippen LogP contribution in [0, 0.1) is 13.8 Å². The van der Waals surface area contributed by atoms with Crippen molar-refractivity contribution in [1.82, 2.24) is 15.1 Å². The number of aromatic nitrogens is 2. The first-order valence-corrected chi connectivity index (χ1v) is 14.0. The van der Waals surface area contributed by atoms with E-state index in [1.54, 1.807) is 16.7 Å². The number of hydrogen-bond donors (Lipinski definition) is 1. The zero-order valence-corrected chi connectivity index (χ0v) is 22.8. The number of nitrogens with zero attached hydrogens (tertiary/aromatic N) is 3. The van der Waals surface area contributed by atoms with Gasteiger partial charge in [0.2, 0.25) is 11.8 Å². The van der Waals surface area contributed by atoms with E-state index in [-0.39, 0.29) is 29.4 Å². The molecule has 0 radical (unpaired) electrons. The average Bonchev–Trinajstić information content (AvgIpc) is 3.25. The molecule has 1 aliphatic rings. The number of fused-ring (bicyclic) bond motifs is 1. The number of hydrogen-bond acceptors (Lipinski definition) is 4. The van der Waals surface area contributed by atoms with Crippen LogP contribution in [0.1, 0.15) is 40.8 Å². The molecule has 194 valence electrons. The topological polar surface area (TPSA) is 67.2 Å². The fourth-order valence-corrected chi connectivity index (χ4v) is 6.02. The minimum atomic E-state index is -0.177. The summed E-state index contributed by atoms with van der Waals surface area (Å²) in [6, 6.07) is 26.6. The molecule has 4 aromatic rings. The fourth-order valence-electron chi connectivity index (χ4n) is 4.83. The molecule has 7 heteroatoms. The highest BCUT2D eigenvalue weighted by molar-refractivity contribution is 8.00. The Hall–Kier alpha value is -3.84. The Morgan fingerprint density at radius 3 is 2.45 bits per heavy atom. The first-order chi connectivity index (χ1) is 18.5. The van der Waals surface area contributed by atoms with Gasteiger partial charge in [0.05, 0.1) is 22.4 Å². The monoisotopic (exact) mass is 524 g/mol. The summed E-state index contributed by atoms with van der Waals surface area (Å²) < 4.78 is 1.85. The van der Waals surface area contributed by atoms with Crippen LogP contribution in [0.25, 0.3) is 16.9 Å². The number of anilines is 1. The molecular weight excluding hydrogens is 492 g/mol. The zero-order chi connectivity index (χ0) is 26.6. The predicted molar refractivity (Wildman–Crippen MR) is 155 cm³/mol. The van der Waals surface area contributed by atoms with Gasteiger partial charge in [0.1, 0.15) is 12.4 Å². The summed E-state index contributed by atoms with van der Waals surface area (Å²) in [6.07, 6.45) is 0.829. The van der Waals surface area contributed by atoms with Gasteiger partial charge in [0.15, 0.2) is 0 Å². The summed E-state index contributed by atoms with van der Waals surface area (Å²) in [5, 5.41) is 7.95. The highest BCUT2D eigenvalue weighted by atomic mass is 32.2. The normalized spacial score (nSPS) is 15.2. The van der Waals surface area contributed by atoms with E-state index in [1.165, 1.54) is 0 Å². The van der Waals surface area contributed by atoms with Crippen LogP contribution in [-0.4, -0.2) is 40.4 Å². The van der Waals surface area contributed by atoms with Crippen LogP contribution in [0.4, 0.5) is 5.82 Å². The highest BCUT2D eigenvalue weighted by Crippen LogP contribution is 2.48. The number of amides is 2. The third-order valence-corrected chi connectivity index (χ3v) is 7.86. The maximum Gasteiger partial charge on any atom is 0.240 e. The van der Waals surface area contributed by atoms with Crippen molar-refractivity contribution < 1.29 is 9.59 Å². The van der Waals surface area contributed by atoms with E-state index < -0.39 is 0 Å². The van der Waals surface area contributed by atoms with Gasteiger partial charge in [-0.05, 0) is 43.5 Å². The van der Waals surface area contributed by atoms with E-state index in [0.29, 0.717) is 12.4 Å². The van der Waals surface area contributed by atoms with Gasteiger partial charge in [-0.1, -0.05) is 79.2 Å². The molecule has 0 bridgehead atoms. The summed E-state index contributed by atoms with van der Waals surface area (Å²) >= 11 is 1.59. The lowest BCUT2D eigenvalue weighted by Gasteiger charge is -2.23. The Labute approximate surface area is 228 Å². The van der Waals surface area contributed by atoms with Crippen molar-refractivity contribution in [1.29, 1.82) is 0 Å². The lowest BCUT2D eigenvalue weighted by molar-refractivity contribution is -0.122. The second-order valence-electron chi connectivity index (χ2n) is 9.64. The van der Waals surface area contributed by atoms with Crippen molar-refractivity contribution >= 4 is 29.4 Å². The molecule has 1 N–H and O–H groups in total. The molecule has 0 saturated heterocycles. The van der Waals surface area contributed by atoms with Crippen LogP contribution in [-0.2, 0) is 9.59 Å². The Morgan fingerprint density at radius 1 is 1.00 bits per heavy atom. The van der Waals surface area contributed by atoms with E-state index in [4.69, 9.17) is 5.10 Å². The summed E-state index contributed by atoms with van der Waals surface area (Å²) in [5.74, 6) is 0.633. The quantitative estimate of drug-likeness (QED) is 0.329. The van der Waals surface area contributed by atoms with E-state index in [1.807, 2.05) is 67.1 Å². The molecule has 5 rings (SSSR count). The van der Waals surface area contributed by atoms with E-state index in [2.05, 4.69) is 42.6 Å². The fraction of sp³-hybridized carbons (Fsp3) is 0.258. The number of thioether (sulfide) groups is 1. The highest BCUT2D eigenvalue weighted by Gasteiger charge is 2.37. The molecule has 2 heterocycles. The van der Waals surface area contributed by atoms with Crippen molar-refractivity contribution in [2.45, 2.75) is 32.4 Å². The molecule has 3 aromatic carbocycles. The number of carbonyl (C=O) groups excluding carboxylic acids is 2. The number of carbonyl (C=O) groups is 2. The van der Waals surface area contributed by atoms with Crippen LogP contribution < -0.4 is 10.2 Å². The van der Waals surface area contributed by atoms with Gasteiger partial charge in [-0.15, -0.1) is 11.8 Å². The lowest BCUT2D eigenvalue weighted by atomic mass is 9.98. The lowest BCUT2D eigenvalue weighted by Crippen LogP contribution is -2.42. The molecule has 2 amide bonds. The maximum atomic E-state index is 13.7. The van der Waals surface area contributed by atoms with Crippen molar-refractivity contribution in [3.05, 3.63) is 101 Å². The van der Waals surface area contributed by atoms with Crippen LogP contribution in [0.2, 0.25) is 0 Å². The van der Waals surface area contributed by atoms with Crippen LogP contribution in [0.3, 0.4) is 0 Å². The molecule has 0 aliphatic carbocycles. The van der Waals surface area contributed by atoms with Crippen molar-refractivity contribution in [3.8, 4) is 16.9 Å². The van der Waals surface area contributed by atoms with Crippen molar-refractivity contribution in [2.75, 3.05) is 23.7 Å². The molecule has 6 nitrogen and oxygen atoms in total. The molecule has 1 unspecified atom stereocenters. The predicted octanol–water partition coefficient (Wildman–Crippen LogP) is 5.85. The Bertz CT molecular complexity index is 1460. The summed E-state index contributed by atoms with van der Waals surface area (Å²) in [5.41, 5.74) is 6.94. The van der Waals surface area contributed by atoms with Gasteiger partial charge < -0.3 is 5.32 Å². The van der Waals surface area contributed by atoms with E-state index in [0.717, 1.165) is 45.6 Å². The van der Waals surface area contributed by atoms with Gasteiger partial charge in [-0.25, -0.2) is 4.68 Å². The first-order valence-electron chi connectivity index (χ1n) is 13.0. The second-order valence-corrected chi connectivity index (χ2v) is 10.7. The molecule has 0 spiro atoms. The van der Waals surface area contributed by atoms with Crippen LogP contribution in [0.15, 0.2) is 78.9 Å². The van der Waals surface area contributed by atoms with Gasteiger partial charge in [-0.2, -0.15) is 5.10 Å². The molecule has 0 fully saturated rings. The molecule has 1 aromatic heterocycles. The molecule has 1 aliphatic heterocycles. The molecular formula is C31H32N4O2S. The second kappa shape index (κ2) is 11.3.